The Morgan fingerprint density at radius 3 is 2.79 bits per heavy atom. The molecule has 1 fully saturated rings. The van der Waals surface area contributed by atoms with E-state index in [4.69, 9.17) is 4.74 Å². The van der Waals surface area contributed by atoms with Gasteiger partial charge in [0.25, 0.3) is 0 Å². The minimum atomic E-state index is 0.304. The molecule has 1 aromatic carbocycles. The van der Waals surface area contributed by atoms with Crippen LogP contribution in [0.5, 0.6) is 0 Å². The van der Waals surface area contributed by atoms with E-state index in [2.05, 4.69) is 43.4 Å². The van der Waals surface area contributed by atoms with E-state index in [1.165, 1.54) is 36.8 Å². The highest BCUT2D eigenvalue weighted by atomic mass is 16.5. The van der Waals surface area contributed by atoms with Crippen molar-refractivity contribution in [3.63, 3.8) is 0 Å². The van der Waals surface area contributed by atoms with Crippen LogP contribution in [0.2, 0.25) is 0 Å². The Bertz CT molecular complexity index is 391. The Hall–Kier alpha value is -0.860. The van der Waals surface area contributed by atoms with Crippen molar-refractivity contribution in [1.82, 2.24) is 5.32 Å². The van der Waals surface area contributed by atoms with Crippen LogP contribution in [-0.4, -0.2) is 19.8 Å². The zero-order chi connectivity index (χ0) is 13.7. The quantitative estimate of drug-likeness (QED) is 0.869. The largest absolute Gasteiger partial charge is 0.376 e. The number of likely N-dealkylation sites (N-methyl/N-ethyl adjacent to an activating group) is 1. The number of hydrogen-bond acceptors (Lipinski definition) is 2. The van der Waals surface area contributed by atoms with Crippen LogP contribution < -0.4 is 5.32 Å². The van der Waals surface area contributed by atoms with Crippen molar-refractivity contribution in [3.05, 3.63) is 35.4 Å². The van der Waals surface area contributed by atoms with Crippen LogP contribution in [0, 0.1) is 12.8 Å². The van der Waals surface area contributed by atoms with E-state index in [1.54, 1.807) is 0 Å². The number of ether oxygens (including phenoxy) is 1. The third-order valence-electron chi connectivity index (χ3n) is 4.30. The maximum absolute atomic E-state index is 6.15. The summed E-state index contributed by atoms with van der Waals surface area (Å²) in [5.74, 6) is 0.824. The van der Waals surface area contributed by atoms with E-state index in [0.29, 0.717) is 12.1 Å². The van der Waals surface area contributed by atoms with E-state index >= 15 is 0 Å². The van der Waals surface area contributed by atoms with Gasteiger partial charge in [-0.1, -0.05) is 44.0 Å². The number of aryl methyl sites for hydroxylation is 1. The normalized spacial score (nSPS) is 25.2. The first-order valence-corrected chi connectivity index (χ1v) is 7.55. The van der Waals surface area contributed by atoms with E-state index < -0.39 is 0 Å². The van der Waals surface area contributed by atoms with Gasteiger partial charge in [-0.2, -0.15) is 0 Å². The molecule has 1 aromatic rings. The zero-order valence-corrected chi connectivity index (χ0v) is 12.5. The highest BCUT2D eigenvalue weighted by molar-refractivity contribution is 5.28. The van der Waals surface area contributed by atoms with Gasteiger partial charge in [0.05, 0.1) is 18.8 Å². The lowest BCUT2D eigenvalue weighted by Gasteiger charge is -2.29. The van der Waals surface area contributed by atoms with Gasteiger partial charge in [0.1, 0.15) is 0 Å². The standard InChI is InChI=1S/C17H27NO/c1-13-7-6-9-15(11-13)19-12-17(18-3)16-10-5-4-8-14(16)2/h4-5,8,10,13,15,17-18H,6-7,9,11-12H2,1-3H3. The summed E-state index contributed by atoms with van der Waals surface area (Å²) in [5, 5.41) is 3.38. The van der Waals surface area contributed by atoms with E-state index in [0.717, 1.165) is 12.5 Å². The van der Waals surface area contributed by atoms with Crippen LogP contribution in [0.4, 0.5) is 0 Å². The number of benzene rings is 1. The summed E-state index contributed by atoms with van der Waals surface area (Å²) < 4.78 is 6.15. The van der Waals surface area contributed by atoms with Gasteiger partial charge < -0.3 is 10.1 Å². The molecule has 19 heavy (non-hydrogen) atoms. The van der Waals surface area contributed by atoms with Crippen LogP contribution >= 0.6 is 0 Å². The zero-order valence-electron chi connectivity index (χ0n) is 12.5. The van der Waals surface area contributed by atoms with Gasteiger partial charge in [0.2, 0.25) is 0 Å². The van der Waals surface area contributed by atoms with Crippen molar-refractivity contribution in [2.24, 2.45) is 5.92 Å². The minimum absolute atomic E-state index is 0.304. The summed E-state index contributed by atoms with van der Waals surface area (Å²) in [7, 11) is 2.02. The fourth-order valence-electron chi connectivity index (χ4n) is 3.07. The molecule has 0 amide bonds. The van der Waals surface area contributed by atoms with Gasteiger partial charge >= 0.3 is 0 Å². The van der Waals surface area contributed by atoms with E-state index in [-0.39, 0.29) is 0 Å². The van der Waals surface area contributed by atoms with Crippen LogP contribution in [0.1, 0.15) is 49.8 Å². The lowest BCUT2D eigenvalue weighted by molar-refractivity contribution is 0.00481. The van der Waals surface area contributed by atoms with Gasteiger partial charge in [-0.3, -0.25) is 0 Å². The molecular formula is C17H27NO. The lowest BCUT2D eigenvalue weighted by Crippen LogP contribution is -2.28. The van der Waals surface area contributed by atoms with Gasteiger partial charge in [-0.05, 0) is 43.9 Å². The average molecular weight is 261 g/mol. The first kappa shape index (κ1) is 14.5. The third kappa shape index (κ3) is 4.05. The summed E-state index contributed by atoms with van der Waals surface area (Å²) in [5.41, 5.74) is 2.69. The lowest BCUT2D eigenvalue weighted by atomic mass is 9.88. The fourth-order valence-corrected chi connectivity index (χ4v) is 3.07. The summed E-state index contributed by atoms with van der Waals surface area (Å²) >= 11 is 0. The summed E-state index contributed by atoms with van der Waals surface area (Å²) in [4.78, 5) is 0. The molecule has 2 heteroatoms. The van der Waals surface area contributed by atoms with E-state index in [9.17, 15) is 0 Å². The Morgan fingerprint density at radius 2 is 2.11 bits per heavy atom. The molecule has 106 valence electrons. The molecule has 2 rings (SSSR count). The molecule has 2 nitrogen and oxygen atoms in total. The highest BCUT2D eigenvalue weighted by Crippen LogP contribution is 2.27. The van der Waals surface area contributed by atoms with Crippen molar-refractivity contribution in [2.45, 2.75) is 51.7 Å². The molecule has 0 spiro atoms. The number of nitrogens with one attached hydrogen (secondary N) is 1. The monoisotopic (exact) mass is 261 g/mol. The molecule has 1 N–H and O–H groups in total. The Balaban J connectivity index is 1.91. The molecule has 0 saturated heterocycles. The second-order valence-corrected chi connectivity index (χ2v) is 5.92. The molecule has 1 saturated carbocycles. The number of hydrogen-bond donors (Lipinski definition) is 1. The highest BCUT2D eigenvalue weighted by Gasteiger charge is 2.21. The van der Waals surface area contributed by atoms with E-state index in [1.807, 2.05) is 7.05 Å². The molecule has 0 aromatic heterocycles. The molecule has 1 aliphatic carbocycles. The molecule has 0 heterocycles. The van der Waals surface area contributed by atoms with Gasteiger partial charge in [-0.25, -0.2) is 0 Å². The van der Waals surface area contributed by atoms with Crippen LogP contribution in [0.25, 0.3) is 0 Å². The van der Waals surface area contributed by atoms with Crippen molar-refractivity contribution in [3.8, 4) is 0 Å². The fraction of sp³-hybridized carbons (Fsp3) is 0.647. The van der Waals surface area contributed by atoms with Gasteiger partial charge in [-0.15, -0.1) is 0 Å². The Morgan fingerprint density at radius 1 is 1.32 bits per heavy atom. The second-order valence-electron chi connectivity index (χ2n) is 5.92. The first-order chi connectivity index (χ1) is 9.20. The van der Waals surface area contributed by atoms with Crippen molar-refractivity contribution in [2.75, 3.05) is 13.7 Å². The van der Waals surface area contributed by atoms with Crippen LogP contribution in [-0.2, 0) is 4.74 Å². The molecule has 1 aliphatic rings. The number of rotatable bonds is 5. The van der Waals surface area contributed by atoms with Gasteiger partial charge in [0.15, 0.2) is 0 Å². The van der Waals surface area contributed by atoms with Crippen molar-refractivity contribution < 1.29 is 4.74 Å². The maximum atomic E-state index is 6.15. The first-order valence-electron chi connectivity index (χ1n) is 7.55. The predicted octanol–water partition coefficient (Wildman–Crippen LogP) is 3.85. The van der Waals surface area contributed by atoms with Crippen LogP contribution in [0.3, 0.4) is 0 Å². The molecule has 0 bridgehead atoms. The van der Waals surface area contributed by atoms with Gasteiger partial charge in [0, 0.05) is 0 Å². The molecule has 0 aliphatic heterocycles. The third-order valence-corrected chi connectivity index (χ3v) is 4.30. The summed E-state index contributed by atoms with van der Waals surface area (Å²) in [6.45, 7) is 5.29. The van der Waals surface area contributed by atoms with Crippen LogP contribution in [0.15, 0.2) is 24.3 Å². The Labute approximate surface area is 117 Å². The predicted molar refractivity (Wildman–Crippen MR) is 80.4 cm³/mol. The van der Waals surface area contributed by atoms with Crippen molar-refractivity contribution in [1.29, 1.82) is 0 Å². The molecule has 0 radical (unpaired) electrons. The Kier molecular flexibility index (Phi) is 5.41. The molecule has 3 atom stereocenters. The molecular weight excluding hydrogens is 234 g/mol. The smallest absolute Gasteiger partial charge is 0.0665 e. The van der Waals surface area contributed by atoms with Crippen molar-refractivity contribution >= 4 is 0 Å². The second kappa shape index (κ2) is 7.06. The average Bonchev–Trinajstić information content (AvgIpc) is 2.41. The topological polar surface area (TPSA) is 21.3 Å². The molecule has 3 unspecified atom stereocenters. The summed E-state index contributed by atoms with van der Waals surface area (Å²) in [6.07, 6.45) is 5.61. The maximum Gasteiger partial charge on any atom is 0.0665 e. The SMILES string of the molecule is CNC(COC1CCCC(C)C1)c1ccccc1C. The summed E-state index contributed by atoms with van der Waals surface area (Å²) in [6, 6.07) is 8.87. The minimum Gasteiger partial charge on any atom is -0.376 e.